The molecular weight excluding hydrogens is 128 g/mol. The lowest BCUT2D eigenvalue weighted by Crippen LogP contribution is -2.18. The molecule has 0 aliphatic carbocycles. The summed E-state index contributed by atoms with van der Waals surface area (Å²) in [7, 11) is 0. The normalized spacial score (nSPS) is 12.0. The minimum absolute atomic E-state index is 0.131. The molecule has 0 aromatic heterocycles. The molecule has 2 nitrogen and oxygen atoms in total. The summed E-state index contributed by atoms with van der Waals surface area (Å²) in [5.74, 6) is 0. The third-order valence-corrected chi connectivity index (χ3v) is 0.792. The van der Waals surface area contributed by atoms with Crippen molar-refractivity contribution in [1.82, 2.24) is 0 Å². The molecule has 0 aromatic carbocycles. The lowest BCUT2D eigenvalue weighted by Gasteiger charge is -2.17. The van der Waals surface area contributed by atoms with Gasteiger partial charge in [0.05, 0.1) is 5.60 Å². The minimum atomic E-state index is -0.131. The summed E-state index contributed by atoms with van der Waals surface area (Å²) in [6.07, 6.45) is 1.02. The average Bonchev–Trinajstić information content (AvgIpc) is 1.78. The van der Waals surface area contributed by atoms with Gasteiger partial charge in [0.2, 0.25) is 6.79 Å². The van der Waals surface area contributed by atoms with E-state index in [1.165, 1.54) is 6.79 Å². The van der Waals surface area contributed by atoms with Gasteiger partial charge in [0, 0.05) is 6.61 Å². The van der Waals surface area contributed by atoms with Crippen LogP contribution in [-0.2, 0) is 9.47 Å². The molecule has 0 saturated heterocycles. The summed E-state index contributed by atoms with van der Waals surface area (Å²) in [4.78, 5) is 0. The summed E-state index contributed by atoms with van der Waals surface area (Å²) >= 11 is 0. The van der Waals surface area contributed by atoms with Crippen molar-refractivity contribution < 1.29 is 9.47 Å². The maximum atomic E-state index is 5.18. The molecule has 0 spiro atoms. The van der Waals surface area contributed by atoms with Gasteiger partial charge in [-0.3, -0.25) is 0 Å². The summed E-state index contributed by atoms with van der Waals surface area (Å²) < 4.78 is 10.2. The third-order valence-electron chi connectivity index (χ3n) is 0.792. The summed E-state index contributed by atoms with van der Waals surface area (Å²) in [6.45, 7) is 10.2. The summed E-state index contributed by atoms with van der Waals surface area (Å²) in [5, 5.41) is 0. The molecule has 0 rings (SSSR count). The van der Waals surface area contributed by atoms with Gasteiger partial charge in [0.1, 0.15) is 0 Å². The van der Waals surface area contributed by atoms with Crippen LogP contribution in [0.5, 0.6) is 0 Å². The molecule has 1 radical (unpaired) electrons. The Hall–Kier alpha value is -0.0800. The molecule has 0 bridgehead atoms. The van der Waals surface area contributed by atoms with Gasteiger partial charge in [-0.2, -0.15) is 0 Å². The predicted octanol–water partition coefficient (Wildman–Crippen LogP) is 2.35. The molecule has 0 N–H and O–H groups in total. The Morgan fingerprint density at radius 3 is 2.30 bits per heavy atom. The van der Waals surface area contributed by atoms with Crippen LogP contribution in [-0.4, -0.2) is 12.2 Å². The van der Waals surface area contributed by atoms with Crippen molar-refractivity contribution in [3.63, 3.8) is 0 Å². The summed E-state index contributed by atoms with van der Waals surface area (Å²) in [5.41, 5.74) is -0.131. The highest BCUT2D eigenvalue weighted by molar-refractivity contribution is 4.58. The van der Waals surface area contributed by atoms with Crippen LogP contribution in [0.25, 0.3) is 0 Å². The monoisotopic (exact) mass is 145 g/mol. The Morgan fingerprint density at radius 2 is 1.90 bits per heavy atom. The van der Waals surface area contributed by atoms with E-state index in [-0.39, 0.29) is 5.60 Å². The predicted molar refractivity (Wildman–Crippen MR) is 41.4 cm³/mol. The van der Waals surface area contributed by atoms with Crippen molar-refractivity contribution in [1.29, 1.82) is 0 Å². The number of hydrogen-bond acceptors (Lipinski definition) is 2. The highest BCUT2D eigenvalue weighted by Crippen LogP contribution is 2.08. The summed E-state index contributed by atoms with van der Waals surface area (Å²) in [6, 6.07) is 0. The molecule has 0 amide bonds. The van der Waals surface area contributed by atoms with Gasteiger partial charge >= 0.3 is 0 Å². The van der Waals surface area contributed by atoms with Gasteiger partial charge in [-0.1, -0.05) is 6.92 Å². The molecule has 2 heteroatoms. The largest absolute Gasteiger partial charge is 0.348 e. The van der Waals surface area contributed by atoms with Gasteiger partial charge in [-0.05, 0) is 27.2 Å². The third kappa shape index (κ3) is 7.92. The molecule has 0 aliphatic rings. The Morgan fingerprint density at radius 1 is 1.30 bits per heavy atom. The quantitative estimate of drug-likeness (QED) is 0.565. The zero-order chi connectivity index (χ0) is 8.04. The smallest absolute Gasteiger partial charge is 0.209 e. The molecule has 0 aromatic rings. The van der Waals surface area contributed by atoms with Crippen LogP contribution in [0.1, 0.15) is 34.1 Å². The first kappa shape index (κ1) is 9.92. The molecule has 10 heavy (non-hydrogen) atoms. The van der Waals surface area contributed by atoms with Crippen LogP contribution < -0.4 is 0 Å². The van der Waals surface area contributed by atoms with E-state index in [1.807, 2.05) is 20.8 Å². The number of ether oxygens (including phenoxy) is 2. The Kier molecular flexibility index (Phi) is 4.65. The van der Waals surface area contributed by atoms with Crippen molar-refractivity contribution in [2.24, 2.45) is 0 Å². The second-order valence-electron chi connectivity index (χ2n) is 3.20. The number of rotatable bonds is 4. The van der Waals surface area contributed by atoms with Crippen LogP contribution in [0.15, 0.2) is 0 Å². The van der Waals surface area contributed by atoms with Crippen molar-refractivity contribution in [2.45, 2.75) is 39.7 Å². The Labute approximate surface area is 63.5 Å². The first-order valence-electron chi connectivity index (χ1n) is 3.67. The number of hydrogen-bond donors (Lipinski definition) is 0. The van der Waals surface area contributed by atoms with Gasteiger partial charge in [0.15, 0.2) is 0 Å². The van der Waals surface area contributed by atoms with Crippen molar-refractivity contribution in [2.75, 3.05) is 6.61 Å². The van der Waals surface area contributed by atoms with E-state index >= 15 is 0 Å². The van der Waals surface area contributed by atoms with E-state index in [1.54, 1.807) is 0 Å². The lowest BCUT2D eigenvalue weighted by molar-refractivity contribution is -0.0565. The molecule has 0 atom stereocenters. The van der Waals surface area contributed by atoms with Crippen LogP contribution in [0.2, 0.25) is 0 Å². The highest BCUT2D eigenvalue weighted by Gasteiger charge is 2.09. The van der Waals surface area contributed by atoms with E-state index in [9.17, 15) is 0 Å². The second kappa shape index (κ2) is 4.69. The SMILES string of the molecule is CCCO[CH]OC(C)(C)C. The fraction of sp³-hybridized carbons (Fsp3) is 0.875. The van der Waals surface area contributed by atoms with E-state index in [0.717, 1.165) is 13.0 Å². The van der Waals surface area contributed by atoms with Crippen molar-refractivity contribution in [3.8, 4) is 0 Å². The Balaban J connectivity index is 3.04. The van der Waals surface area contributed by atoms with E-state index in [4.69, 9.17) is 9.47 Å². The molecule has 0 unspecified atom stereocenters. The Bertz CT molecular complexity index is 73.8. The fourth-order valence-corrected chi connectivity index (χ4v) is 0.344. The van der Waals surface area contributed by atoms with Crippen LogP contribution in [0, 0.1) is 6.79 Å². The average molecular weight is 145 g/mol. The van der Waals surface area contributed by atoms with Gasteiger partial charge < -0.3 is 9.47 Å². The molecule has 0 heterocycles. The molecule has 0 saturated carbocycles. The van der Waals surface area contributed by atoms with Crippen molar-refractivity contribution >= 4 is 0 Å². The van der Waals surface area contributed by atoms with Crippen molar-refractivity contribution in [3.05, 3.63) is 6.79 Å². The zero-order valence-electron chi connectivity index (χ0n) is 7.31. The van der Waals surface area contributed by atoms with E-state index in [2.05, 4.69) is 6.92 Å². The maximum Gasteiger partial charge on any atom is 0.209 e. The van der Waals surface area contributed by atoms with Gasteiger partial charge in [0.25, 0.3) is 0 Å². The van der Waals surface area contributed by atoms with E-state index in [0.29, 0.717) is 0 Å². The minimum Gasteiger partial charge on any atom is -0.348 e. The van der Waals surface area contributed by atoms with Crippen LogP contribution in [0.4, 0.5) is 0 Å². The first-order chi connectivity index (χ1) is 4.56. The maximum absolute atomic E-state index is 5.18. The van der Waals surface area contributed by atoms with Crippen LogP contribution >= 0.6 is 0 Å². The molecule has 0 aliphatic heterocycles. The molecule has 61 valence electrons. The highest BCUT2D eigenvalue weighted by atomic mass is 16.7. The second-order valence-corrected chi connectivity index (χ2v) is 3.20. The lowest BCUT2D eigenvalue weighted by atomic mass is 10.2. The topological polar surface area (TPSA) is 18.5 Å². The van der Waals surface area contributed by atoms with E-state index < -0.39 is 0 Å². The van der Waals surface area contributed by atoms with Gasteiger partial charge in [-0.25, -0.2) is 0 Å². The zero-order valence-corrected chi connectivity index (χ0v) is 7.31. The molecule has 0 fully saturated rings. The van der Waals surface area contributed by atoms with Crippen LogP contribution in [0.3, 0.4) is 0 Å². The van der Waals surface area contributed by atoms with Gasteiger partial charge in [-0.15, -0.1) is 0 Å². The first-order valence-corrected chi connectivity index (χ1v) is 3.67. The fourth-order valence-electron chi connectivity index (χ4n) is 0.344. The standard InChI is InChI=1S/C8H17O2/c1-5-6-9-7-10-8(2,3)4/h7H,5-6H2,1-4H3. The molecular formula is C8H17O2.